The molecule has 1 N–H and O–H groups in total. The second kappa shape index (κ2) is 20.1. The van der Waals surface area contributed by atoms with Gasteiger partial charge in [0.05, 0.1) is 25.0 Å². The quantitative estimate of drug-likeness (QED) is 0.0880. The lowest BCUT2D eigenvalue weighted by Gasteiger charge is -2.30. The number of esters is 2. The predicted molar refractivity (Wildman–Crippen MR) is 199 cm³/mol. The molecule has 0 saturated carbocycles. The van der Waals surface area contributed by atoms with Crippen molar-refractivity contribution in [1.82, 2.24) is 0 Å². The van der Waals surface area contributed by atoms with Gasteiger partial charge in [0.1, 0.15) is 11.5 Å². The number of hydrogen-bond acceptors (Lipinski definition) is 7. The monoisotopic (exact) mass is 688 g/mol. The van der Waals surface area contributed by atoms with Gasteiger partial charge in [-0.15, -0.1) is 0 Å². The molecule has 6 atom stereocenters. The van der Waals surface area contributed by atoms with Gasteiger partial charge in [-0.2, -0.15) is 0 Å². The zero-order valence-electron chi connectivity index (χ0n) is 31.5. The molecular formula is C43H60O7. The van der Waals surface area contributed by atoms with Crippen LogP contribution in [0.2, 0.25) is 0 Å². The third kappa shape index (κ3) is 13.1. The van der Waals surface area contributed by atoms with Gasteiger partial charge in [0, 0.05) is 12.0 Å². The Morgan fingerprint density at radius 2 is 1.14 bits per heavy atom. The van der Waals surface area contributed by atoms with Crippen molar-refractivity contribution in [3.8, 4) is 11.5 Å². The molecule has 0 radical (unpaired) electrons. The van der Waals surface area contributed by atoms with Crippen LogP contribution in [0.3, 0.4) is 0 Å². The van der Waals surface area contributed by atoms with Crippen LogP contribution in [0.25, 0.3) is 0 Å². The number of benzene rings is 3. The van der Waals surface area contributed by atoms with Crippen LogP contribution in [0, 0.1) is 17.3 Å². The van der Waals surface area contributed by atoms with Gasteiger partial charge in [0.15, 0.2) is 6.29 Å². The van der Waals surface area contributed by atoms with E-state index in [-0.39, 0.29) is 66.8 Å². The minimum absolute atomic E-state index is 0.0967. The Balaban J connectivity index is 1.83. The van der Waals surface area contributed by atoms with E-state index in [1.165, 1.54) is 16.7 Å². The van der Waals surface area contributed by atoms with Crippen LogP contribution >= 0.6 is 0 Å². The second-order valence-electron chi connectivity index (χ2n) is 14.5. The summed E-state index contributed by atoms with van der Waals surface area (Å²) in [6.07, 6.45) is 3.71. The molecule has 0 bridgehead atoms. The smallest absolute Gasteiger partial charge is 0.308 e. The van der Waals surface area contributed by atoms with E-state index >= 15 is 0 Å². The Hall–Kier alpha value is -3.84. The summed E-state index contributed by atoms with van der Waals surface area (Å²) < 4.78 is 22.9. The van der Waals surface area contributed by atoms with Crippen molar-refractivity contribution < 1.29 is 33.6 Å². The van der Waals surface area contributed by atoms with E-state index < -0.39 is 5.41 Å². The van der Waals surface area contributed by atoms with Crippen LogP contribution in [0.4, 0.5) is 0 Å². The maximum Gasteiger partial charge on any atom is 0.308 e. The fourth-order valence-corrected chi connectivity index (χ4v) is 6.26. The number of phenols is 1. The summed E-state index contributed by atoms with van der Waals surface area (Å²) in [4.78, 5) is 25.7. The molecule has 0 aliphatic carbocycles. The molecular weight excluding hydrogens is 628 g/mol. The molecule has 3 aromatic rings. The van der Waals surface area contributed by atoms with Crippen LogP contribution in [0.1, 0.15) is 122 Å². The van der Waals surface area contributed by atoms with Crippen molar-refractivity contribution in [2.45, 2.75) is 112 Å². The van der Waals surface area contributed by atoms with Crippen LogP contribution < -0.4 is 4.74 Å². The highest BCUT2D eigenvalue weighted by atomic mass is 16.7. The van der Waals surface area contributed by atoms with Crippen LogP contribution in [0.5, 0.6) is 11.5 Å². The van der Waals surface area contributed by atoms with E-state index in [1.54, 1.807) is 12.1 Å². The average molecular weight is 689 g/mol. The number of ether oxygens (including phenoxy) is 4. The molecule has 0 saturated heterocycles. The zero-order chi connectivity index (χ0) is 36.7. The van der Waals surface area contributed by atoms with Crippen molar-refractivity contribution in [2.75, 3.05) is 19.8 Å². The summed E-state index contributed by atoms with van der Waals surface area (Å²) in [6.45, 7) is 16.6. The first-order valence-corrected chi connectivity index (χ1v) is 18.4. The first kappa shape index (κ1) is 40.6. The fourth-order valence-electron chi connectivity index (χ4n) is 6.26. The number of carbonyl (C=O) groups excluding carboxylic acids is 2. The zero-order valence-corrected chi connectivity index (χ0v) is 31.5. The van der Waals surface area contributed by atoms with Gasteiger partial charge < -0.3 is 24.1 Å². The van der Waals surface area contributed by atoms with E-state index in [4.69, 9.17) is 18.9 Å². The summed E-state index contributed by atoms with van der Waals surface area (Å²) >= 11 is 0. The molecule has 0 aliphatic rings. The molecule has 274 valence electrons. The third-order valence-electron chi connectivity index (χ3n) is 9.59. The van der Waals surface area contributed by atoms with Gasteiger partial charge in [0.25, 0.3) is 0 Å². The molecule has 7 heteroatoms. The summed E-state index contributed by atoms with van der Waals surface area (Å²) in [5.41, 5.74) is 3.11. The van der Waals surface area contributed by atoms with Gasteiger partial charge in [-0.25, -0.2) is 0 Å². The number of aromatic hydroxyl groups is 1. The molecule has 0 heterocycles. The normalized spacial score (nSPS) is 15.3. The number of carbonyl (C=O) groups is 2. The fraction of sp³-hybridized carbons (Fsp3) is 0.535. The van der Waals surface area contributed by atoms with E-state index in [0.717, 1.165) is 31.4 Å². The van der Waals surface area contributed by atoms with E-state index in [9.17, 15) is 14.7 Å². The molecule has 3 aromatic carbocycles. The molecule has 7 nitrogen and oxygen atoms in total. The van der Waals surface area contributed by atoms with Gasteiger partial charge in [0.2, 0.25) is 0 Å². The van der Waals surface area contributed by atoms with Gasteiger partial charge in [-0.3, -0.25) is 9.59 Å². The van der Waals surface area contributed by atoms with Crippen molar-refractivity contribution >= 4 is 11.9 Å². The Bertz CT molecular complexity index is 1420. The van der Waals surface area contributed by atoms with Crippen molar-refractivity contribution in [3.05, 3.63) is 95.6 Å². The lowest BCUT2D eigenvalue weighted by molar-refractivity contribution is -0.157. The predicted octanol–water partition coefficient (Wildman–Crippen LogP) is 10.2. The number of hydrogen-bond donors (Lipinski definition) is 1. The molecule has 6 unspecified atom stereocenters. The molecule has 0 spiro atoms. The first-order chi connectivity index (χ1) is 23.8. The molecule has 0 fully saturated rings. The lowest BCUT2D eigenvalue weighted by Crippen LogP contribution is -2.31. The average Bonchev–Trinajstić information content (AvgIpc) is 3.11. The summed E-state index contributed by atoms with van der Waals surface area (Å²) in [5, 5.41) is 9.95. The second-order valence-corrected chi connectivity index (χ2v) is 14.5. The third-order valence-corrected chi connectivity index (χ3v) is 9.59. The lowest BCUT2D eigenvalue weighted by atomic mass is 9.76. The number of phenolic OH excluding ortho intramolecular Hbond substituents is 1. The van der Waals surface area contributed by atoms with E-state index in [0.29, 0.717) is 13.0 Å². The summed E-state index contributed by atoms with van der Waals surface area (Å²) in [6, 6.07) is 26.3. The summed E-state index contributed by atoms with van der Waals surface area (Å²) in [7, 11) is 0. The maximum absolute atomic E-state index is 13.4. The minimum Gasteiger partial charge on any atom is -0.508 e. The van der Waals surface area contributed by atoms with Crippen molar-refractivity contribution in [1.29, 1.82) is 0 Å². The Morgan fingerprint density at radius 1 is 0.640 bits per heavy atom. The highest BCUT2D eigenvalue weighted by Crippen LogP contribution is 2.41. The molecule has 0 amide bonds. The molecule has 50 heavy (non-hydrogen) atoms. The van der Waals surface area contributed by atoms with E-state index in [2.05, 4.69) is 43.3 Å². The Kier molecular flexibility index (Phi) is 16.3. The number of rotatable bonds is 21. The van der Waals surface area contributed by atoms with Crippen molar-refractivity contribution in [2.24, 2.45) is 17.3 Å². The summed E-state index contributed by atoms with van der Waals surface area (Å²) in [5.74, 6) is 0.613. The van der Waals surface area contributed by atoms with Gasteiger partial charge >= 0.3 is 11.9 Å². The maximum atomic E-state index is 13.4. The highest BCUT2D eigenvalue weighted by molar-refractivity contribution is 5.72. The topological polar surface area (TPSA) is 91.3 Å². The standard InChI is InChI=1S/C43H60O7/c1-9-30(4)41(45)48-28-43(7,8)29-49-42(46)31(5)25-37(34-15-13-12-14-16-34)27-38(26-33(10-2)35-17-21-39(44)22-18-35)36-19-23-40(24-20-36)50-32(6)47-11-3/h12-24,30-33,37-38,44H,9-11,25-29H2,1-8H3. The molecule has 0 aromatic heterocycles. The van der Waals surface area contributed by atoms with Crippen molar-refractivity contribution in [3.63, 3.8) is 0 Å². The minimum atomic E-state index is -0.498. The van der Waals surface area contributed by atoms with E-state index in [1.807, 2.05) is 78.8 Å². The SMILES string of the molecule is CCOC(C)Oc1ccc(C(CC(CC)c2ccc(O)cc2)CC(CC(C)C(=O)OCC(C)(C)COC(=O)C(C)CC)c2ccccc2)cc1. The highest BCUT2D eigenvalue weighted by Gasteiger charge is 2.29. The van der Waals surface area contributed by atoms with Crippen LogP contribution in [0.15, 0.2) is 78.9 Å². The van der Waals surface area contributed by atoms with Crippen LogP contribution in [-0.4, -0.2) is 43.2 Å². The first-order valence-electron chi connectivity index (χ1n) is 18.4. The van der Waals surface area contributed by atoms with Gasteiger partial charge in [-0.1, -0.05) is 96.1 Å². The Labute approximate surface area is 300 Å². The molecule has 0 aliphatic heterocycles. The van der Waals surface area contributed by atoms with Crippen LogP contribution in [-0.2, 0) is 23.8 Å². The molecule has 3 rings (SSSR count). The largest absolute Gasteiger partial charge is 0.508 e. The Morgan fingerprint density at radius 3 is 1.70 bits per heavy atom. The van der Waals surface area contributed by atoms with Gasteiger partial charge in [-0.05, 0) is 105 Å².